The van der Waals surface area contributed by atoms with Crippen molar-refractivity contribution in [3.05, 3.63) is 48.4 Å². The van der Waals surface area contributed by atoms with Gasteiger partial charge >= 0.3 is 0 Å². The Morgan fingerprint density at radius 1 is 1.05 bits per heavy atom. The Morgan fingerprint density at radius 3 is 2.62 bits per heavy atom. The van der Waals surface area contributed by atoms with E-state index in [1.54, 1.807) is 18.6 Å². The average Bonchev–Trinajstić information content (AvgIpc) is 3.20. The van der Waals surface area contributed by atoms with E-state index in [1.807, 2.05) is 39.0 Å². The molecule has 2 fully saturated rings. The number of nitrogens with one attached hydrogen (secondary N) is 1. The van der Waals surface area contributed by atoms with Gasteiger partial charge in [-0.25, -0.2) is 15.0 Å². The van der Waals surface area contributed by atoms with Crippen LogP contribution in [0.5, 0.6) is 11.5 Å². The Hall–Kier alpha value is -4.03. The van der Waals surface area contributed by atoms with Crippen molar-refractivity contribution < 1.29 is 14.6 Å². The van der Waals surface area contributed by atoms with E-state index in [2.05, 4.69) is 46.0 Å². The molecule has 202 valence electrons. The van der Waals surface area contributed by atoms with Crippen molar-refractivity contribution in [2.75, 3.05) is 18.5 Å². The van der Waals surface area contributed by atoms with Gasteiger partial charge in [0.2, 0.25) is 5.95 Å². The number of aryl methyl sites for hydroxylation is 1. The molecule has 0 radical (unpaired) electrons. The van der Waals surface area contributed by atoms with Gasteiger partial charge in [-0.05, 0) is 12.8 Å². The van der Waals surface area contributed by atoms with Gasteiger partial charge in [0, 0.05) is 36.2 Å². The molecule has 2 N–H and O–H groups in total. The normalized spacial score (nSPS) is 19.8. The maximum absolute atomic E-state index is 10.4. The molecule has 5 aromatic heterocycles. The van der Waals surface area contributed by atoms with Crippen LogP contribution in [0.4, 0.5) is 11.8 Å². The summed E-state index contributed by atoms with van der Waals surface area (Å²) in [6.45, 7) is 7.11. The number of ether oxygens (including phenoxy) is 2. The predicted molar refractivity (Wildman–Crippen MR) is 144 cm³/mol. The molecule has 0 aromatic carbocycles. The zero-order valence-electron chi connectivity index (χ0n) is 22.4. The second kappa shape index (κ2) is 8.75. The molecular weight excluding hydrogens is 498 g/mol. The van der Waals surface area contributed by atoms with E-state index in [0.717, 1.165) is 35.5 Å². The van der Waals surface area contributed by atoms with Crippen LogP contribution in [0.2, 0.25) is 0 Å². The molecule has 1 saturated heterocycles. The number of hydrogen-bond acceptors (Lipinski definition) is 9. The van der Waals surface area contributed by atoms with Crippen LogP contribution in [0.15, 0.2) is 36.9 Å². The number of rotatable bonds is 6. The highest BCUT2D eigenvalue weighted by Gasteiger charge is 2.33. The minimum absolute atomic E-state index is 0.177. The van der Waals surface area contributed by atoms with Gasteiger partial charge in [0.15, 0.2) is 22.9 Å². The largest absolute Gasteiger partial charge is 0.452 e. The van der Waals surface area contributed by atoms with Gasteiger partial charge in [-0.3, -0.25) is 9.08 Å². The van der Waals surface area contributed by atoms with E-state index in [9.17, 15) is 5.11 Å². The van der Waals surface area contributed by atoms with E-state index >= 15 is 0 Å². The number of aromatic nitrogens is 8. The minimum Gasteiger partial charge on any atom is -0.452 e. The summed E-state index contributed by atoms with van der Waals surface area (Å²) in [7, 11) is 1.92. The van der Waals surface area contributed by atoms with E-state index in [1.165, 1.54) is 0 Å². The summed E-state index contributed by atoms with van der Waals surface area (Å²) < 4.78 is 17.4. The maximum Gasteiger partial charge on any atom is 0.210 e. The first-order valence-corrected chi connectivity index (χ1v) is 13.2. The molecule has 1 aliphatic carbocycles. The van der Waals surface area contributed by atoms with Crippen molar-refractivity contribution in [2.45, 2.75) is 57.1 Å². The van der Waals surface area contributed by atoms with Crippen LogP contribution < -0.4 is 10.1 Å². The third-order valence-electron chi connectivity index (χ3n) is 7.36. The molecule has 0 bridgehead atoms. The fraction of sp³-hybridized carbons (Fsp3) is 0.444. The number of anilines is 2. The fourth-order valence-corrected chi connectivity index (χ4v) is 5.08. The molecule has 12 heteroatoms. The SMILES string of the molecule is Cn1c(Nc2cc(C(C)(C)C)n([C@@H]3COC[C@H]3O)n2)nc2ncc(Oc3cnc4cnc(C5CC5)n4c3)cc21. The first-order valence-electron chi connectivity index (χ1n) is 13.2. The van der Waals surface area contributed by atoms with Gasteiger partial charge in [0.1, 0.15) is 23.7 Å². The van der Waals surface area contributed by atoms with Gasteiger partial charge < -0.3 is 24.5 Å². The highest BCUT2D eigenvalue weighted by Crippen LogP contribution is 2.39. The van der Waals surface area contributed by atoms with Crippen molar-refractivity contribution in [3.63, 3.8) is 0 Å². The topological polar surface area (TPSA) is 129 Å². The molecule has 0 spiro atoms. The second-order valence-electron chi connectivity index (χ2n) is 11.4. The van der Waals surface area contributed by atoms with Crippen LogP contribution in [-0.4, -0.2) is 63.1 Å². The standard InChI is InChI=1S/C27H31N9O3/c1-27(2,3)21-8-22(33-36(21)19-13-38-14-20(19)37)31-26-32-24-18(34(26)4)7-16(9-29-24)39-17-10-28-23-11-30-25(15-5-6-15)35(23)12-17/h7-12,15,19-20,37H,5-6,13-14H2,1-4H3,(H,29,31,32,33)/t19-,20-/m1/s1. The van der Waals surface area contributed by atoms with Crippen LogP contribution in [0, 0.1) is 0 Å². The molecule has 1 saturated carbocycles. The Bertz CT molecular complexity index is 1690. The molecule has 5 aromatic rings. The number of imidazole rings is 2. The number of aliphatic hydroxyl groups is 1. The maximum atomic E-state index is 10.4. The summed E-state index contributed by atoms with van der Waals surface area (Å²) in [6, 6.07) is 3.68. The Kier molecular flexibility index (Phi) is 5.39. The lowest BCUT2D eigenvalue weighted by Crippen LogP contribution is -2.28. The van der Waals surface area contributed by atoms with Crippen molar-refractivity contribution in [2.24, 2.45) is 7.05 Å². The molecular formula is C27H31N9O3. The molecule has 0 unspecified atom stereocenters. The first kappa shape index (κ1) is 24.0. The average molecular weight is 530 g/mol. The van der Waals surface area contributed by atoms with Crippen LogP contribution in [0.3, 0.4) is 0 Å². The van der Waals surface area contributed by atoms with Crippen LogP contribution in [-0.2, 0) is 17.2 Å². The van der Waals surface area contributed by atoms with Crippen molar-refractivity contribution in [1.82, 2.24) is 38.7 Å². The highest BCUT2D eigenvalue weighted by molar-refractivity contribution is 5.77. The third-order valence-corrected chi connectivity index (χ3v) is 7.36. The number of aliphatic hydroxyl groups excluding tert-OH is 1. The molecule has 7 rings (SSSR count). The lowest BCUT2D eigenvalue weighted by molar-refractivity contribution is 0.117. The van der Waals surface area contributed by atoms with Crippen molar-refractivity contribution in [3.8, 4) is 11.5 Å². The van der Waals surface area contributed by atoms with Gasteiger partial charge in [0.05, 0.1) is 43.5 Å². The van der Waals surface area contributed by atoms with Crippen molar-refractivity contribution >= 4 is 28.6 Å². The fourth-order valence-electron chi connectivity index (χ4n) is 5.08. The van der Waals surface area contributed by atoms with E-state index in [0.29, 0.717) is 48.0 Å². The van der Waals surface area contributed by atoms with E-state index < -0.39 is 6.10 Å². The van der Waals surface area contributed by atoms with E-state index in [-0.39, 0.29) is 11.5 Å². The highest BCUT2D eigenvalue weighted by atomic mass is 16.5. The minimum atomic E-state index is -0.595. The molecule has 0 amide bonds. The van der Waals surface area contributed by atoms with E-state index in [4.69, 9.17) is 14.6 Å². The first-order chi connectivity index (χ1) is 18.7. The number of nitrogens with zero attached hydrogens (tertiary/aromatic N) is 8. The Labute approximate surface area is 224 Å². The molecule has 1 aliphatic heterocycles. The van der Waals surface area contributed by atoms with Gasteiger partial charge in [-0.1, -0.05) is 20.8 Å². The number of hydrogen-bond donors (Lipinski definition) is 2. The zero-order valence-corrected chi connectivity index (χ0v) is 22.4. The van der Waals surface area contributed by atoms with Crippen molar-refractivity contribution in [1.29, 1.82) is 0 Å². The predicted octanol–water partition coefficient (Wildman–Crippen LogP) is 3.85. The quantitative estimate of drug-likeness (QED) is 0.337. The summed E-state index contributed by atoms with van der Waals surface area (Å²) in [5, 5.41) is 18.6. The number of pyridine rings is 1. The summed E-state index contributed by atoms with van der Waals surface area (Å²) in [4.78, 5) is 18.2. The lowest BCUT2D eigenvalue weighted by atomic mass is 9.91. The summed E-state index contributed by atoms with van der Waals surface area (Å²) in [6.07, 6.45) is 8.82. The molecule has 12 nitrogen and oxygen atoms in total. The third kappa shape index (κ3) is 4.29. The molecule has 2 aliphatic rings. The van der Waals surface area contributed by atoms with Crippen LogP contribution >= 0.6 is 0 Å². The lowest BCUT2D eigenvalue weighted by Gasteiger charge is -2.24. The summed E-state index contributed by atoms with van der Waals surface area (Å²) in [5.41, 5.74) is 3.03. The van der Waals surface area contributed by atoms with Crippen LogP contribution in [0.25, 0.3) is 16.8 Å². The monoisotopic (exact) mass is 529 g/mol. The Morgan fingerprint density at radius 2 is 1.87 bits per heavy atom. The molecule has 2 atom stereocenters. The van der Waals surface area contributed by atoms with Gasteiger partial charge in [-0.15, -0.1) is 0 Å². The Balaban J connectivity index is 1.17. The van der Waals surface area contributed by atoms with Gasteiger partial charge in [-0.2, -0.15) is 10.1 Å². The molecule has 6 heterocycles. The number of fused-ring (bicyclic) bond motifs is 2. The summed E-state index contributed by atoms with van der Waals surface area (Å²) in [5.74, 6) is 3.97. The second-order valence-corrected chi connectivity index (χ2v) is 11.4. The zero-order chi connectivity index (χ0) is 26.9. The van der Waals surface area contributed by atoms with Gasteiger partial charge in [0.25, 0.3) is 0 Å². The summed E-state index contributed by atoms with van der Waals surface area (Å²) >= 11 is 0. The van der Waals surface area contributed by atoms with Crippen LogP contribution in [0.1, 0.15) is 57.1 Å². The molecule has 39 heavy (non-hydrogen) atoms. The smallest absolute Gasteiger partial charge is 0.210 e.